The van der Waals surface area contributed by atoms with E-state index < -0.39 is 5.92 Å². The largest absolute Gasteiger partial charge is 0.469 e. The molecule has 0 radical (unpaired) electrons. The standard InChI is InChI=1S/C11H12O3/c1-14-11(13)10(7-8-12)9-5-3-2-4-6-9/h2-6,8,10H,7H2,1H3/t10-/m1/s1. The topological polar surface area (TPSA) is 43.4 Å². The quantitative estimate of drug-likeness (QED) is 0.536. The van der Waals surface area contributed by atoms with Gasteiger partial charge in [-0.05, 0) is 5.56 Å². The Hall–Kier alpha value is -1.64. The summed E-state index contributed by atoms with van der Waals surface area (Å²) in [5.41, 5.74) is 0.812. The van der Waals surface area contributed by atoms with Crippen molar-refractivity contribution in [3.05, 3.63) is 35.9 Å². The number of hydrogen-bond donors (Lipinski definition) is 0. The summed E-state index contributed by atoms with van der Waals surface area (Å²) in [4.78, 5) is 21.7. The van der Waals surface area contributed by atoms with Crippen LogP contribution in [-0.4, -0.2) is 19.4 Å². The van der Waals surface area contributed by atoms with Crippen molar-refractivity contribution in [2.45, 2.75) is 12.3 Å². The van der Waals surface area contributed by atoms with Crippen molar-refractivity contribution in [2.24, 2.45) is 0 Å². The van der Waals surface area contributed by atoms with Crippen molar-refractivity contribution in [1.82, 2.24) is 0 Å². The second kappa shape index (κ2) is 5.17. The highest BCUT2D eigenvalue weighted by Crippen LogP contribution is 2.19. The third kappa shape index (κ3) is 2.42. The van der Waals surface area contributed by atoms with Gasteiger partial charge < -0.3 is 9.53 Å². The van der Waals surface area contributed by atoms with Crippen LogP contribution in [-0.2, 0) is 14.3 Å². The molecule has 0 amide bonds. The van der Waals surface area contributed by atoms with E-state index in [2.05, 4.69) is 4.74 Å². The first-order valence-corrected chi connectivity index (χ1v) is 4.36. The Kier molecular flexibility index (Phi) is 3.85. The first-order valence-electron chi connectivity index (χ1n) is 4.36. The van der Waals surface area contributed by atoms with Crippen LogP contribution >= 0.6 is 0 Å². The lowest BCUT2D eigenvalue weighted by molar-refractivity contribution is -0.143. The molecule has 0 N–H and O–H groups in total. The summed E-state index contributed by atoms with van der Waals surface area (Å²) in [6.07, 6.45) is 0.894. The summed E-state index contributed by atoms with van der Waals surface area (Å²) in [5.74, 6) is -0.845. The molecule has 1 rings (SSSR count). The zero-order valence-electron chi connectivity index (χ0n) is 7.97. The average Bonchev–Trinajstić information content (AvgIpc) is 2.26. The normalized spacial score (nSPS) is 11.8. The number of ether oxygens (including phenoxy) is 1. The zero-order valence-corrected chi connectivity index (χ0v) is 7.97. The lowest BCUT2D eigenvalue weighted by atomic mass is 9.97. The minimum absolute atomic E-state index is 0.163. The fourth-order valence-corrected chi connectivity index (χ4v) is 1.29. The van der Waals surface area contributed by atoms with Gasteiger partial charge in [0.25, 0.3) is 0 Å². The summed E-state index contributed by atoms with van der Waals surface area (Å²) >= 11 is 0. The Balaban J connectivity index is 2.88. The molecule has 0 bridgehead atoms. The van der Waals surface area contributed by atoms with E-state index in [1.165, 1.54) is 7.11 Å². The molecule has 0 aliphatic heterocycles. The van der Waals surface area contributed by atoms with Gasteiger partial charge in [0.15, 0.2) is 0 Å². The summed E-state index contributed by atoms with van der Waals surface area (Å²) in [6.45, 7) is 0. The lowest BCUT2D eigenvalue weighted by Crippen LogP contribution is -2.14. The molecular formula is C11H12O3. The molecule has 1 aromatic rings. The van der Waals surface area contributed by atoms with Crippen LogP contribution in [0.1, 0.15) is 17.9 Å². The molecule has 0 heterocycles. The molecule has 0 fully saturated rings. The van der Waals surface area contributed by atoms with E-state index in [1.54, 1.807) is 0 Å². The number of carbonyl (C=O) groups is 2. The Bertz CT molecular complexity index is 306. The molecule has 0 aliphatic carbocycles. The van der Waals surface area contributed by atoms with E-state index in [1.807, 2.05) is 30.3 Å². The van der Waals surface area contributed by atoms with Crippen LogP contribution in [0.15, 0.2) is 30.3 Å². The smallest absolute Gasteiger partial charge is 0.313 e. The van der Waals surface area contributed by atoms with Gasteiger partial charge in [-0.1, -0.05) is 30.3 Å². The van der Waals surface area contributed by atoms with Gasteiger partial charge in [0.1, 0.15) is 6.29 Å². The number of esters is 1. The first kappa shape index (κ1) is 10.4. The molecule has 1 atom stereocenters. The number of methoxy groups -OCH3 is 1. The molecule has 14 heavy (non-hydrogen) atoms. The maximum atomic E-state index is 11.3. The van der Waals surface area contributed by atoms with Crippen molar-refractivity contribution in [1.29, 1.82) is 0 Å². The van der Waals surface area contributed by atoms with Crippen LogP contribution in [0, 0.1) is 0 Å². The van der Waals surface area contributed by atoms with Crippen molar-refractivity contribution < 1.29 is 14.3 Å². The SMILES string of the molecule is COC(=O)[C@H](CC=O)c1ccccc1. The van der Waals surface area contributed by atoms with E-state index in [0.717, 1.165) is 11.8 Å². The van der Waals surface area contributed by atoms with Gasteiger partial charge >= 0.3 is 5.97 Å². The Morgan fingerprint density at radius 3 is 2.57 bits per heavy atom. The van der Waals surface area contributed by atoms with Gasteiger partial charge in [-0.2, -0.15) is 0 Å². The summed E-state index contributed by atoms with van der Waals surface area (Å²) < 4.78 is 4.62. The fourth-order valence-electron chi connectivity index (χ4n) is 1.29. The van der Waals surface area contributed by atoms with Crippen molar-refractivity contribution >= 4 is 12.3 Å². The lowest BCUT2D eigenvalue weighted by Gasteiger charge is -2.11. The highest BCUT2D eigenvalue weighted by molar-refractivity contribution is 5.80. The van der Waals surface area contributed by atoms with Gasteiger partial charge in [-0.25, -0.2) is 0 Å². The molecule has 74 valence electrons. The van der Waals surface area contributed by atoms with E-state index in [0.29, 0.717) is 0 Å². The second-order valence-corrected chi connectivity index (χ2v) is 2.89. The molecule has 0 saturated heterocycles. The minimum atomic E-state index is -0.473. The van der Waals surface area contributed by atoms with Gasteiger partial charge in [-0.15, -0.1) is 0 Å². The maximum absolute atomic E-state index is 11.3. The molecule has 0 spiro atoms. The van der Waals surface area contributed by atoms with Gasteiger partial charge in [0.2, 0.25) is 0 Å². The average molecular weight is 192 g/mol. The summed E-state index contributed by atoms with van der Waals surface area (Å²) in [7, 11) is 1.32. The molecule has 1 aromatic carbocycles. The second-order valence-electron chi connectivity index (χ2n) is 2.89. The zero-order chi connectivity index (χ0) is 10.4. The van der Waals surface area contributed by atoms with E-state index in [4.69, 9.17) is 0 Å². The van der Waals surface area contributed by atoms with E-state index in [9.17, 15) is 9.59 Å². The molecule has 0 aliphatic rings. The van der Waals surface area contributed by atoms with Crippen LogP contribution in [0.5, 0.6) is 0 Å². The highest BCUT2D eigenvalue weighted by atomic mass is 16.5. The van der Waals surface area contributed by atoms with Gasteiger partial charge in [0, 0.05) is 6.42 Å². The monoisotopic (exact) mass is 192 g/mol. The van der Waals surface area contributed by atoms with Crippen LogP contribution in [0.4, 0.5) is 0 Å². The van der Waals surface area contributed by atoms with E-state index in [-0.39, 0.29) is 12.4 Å². The Morgan fingerprint density at radius 1 is 1.43 bits per heavy atom. The Labute approximate surface area is 82.7 Å². The molecule has 0 saturated carbocycles. The third-order valence-electron chi connectivity index (χ3n) is 2.02. The van der Waals surface area contributed by atoms with Crippen molar-refractivity contribution in [3.8, 4) is 0 Å². The van der Waals surface area contributed by atoms with Crippen LogP contribution in [0.25, 0.3) is 0 Å². The predicted octanol–water partition coefficient (Wildman–Crippen LogP) is 1.53. The fraction of sp³-hybridized carbons (Fsp3) is 0.273. The summed E-state index contributed by atoms with van der Waals surface area (Å²) in [6, 6.07) is 9.14. The number of aldehydes is 1. The molecule has 3 nitrogen and oxygen atoms in total. The third-order valence-corrected chi connectivity index (χ3v) is 2.02. The van der Waals surface area contributed by atoms with E-state index >= 15 is 0 Å². The molecule has 0 aromatic heterocycles. The highest BCUT2D eigenvalue weighted by Gasteiger charge is 2.20. The van der Waals surface area contributed by atoms with Crippen LogP contribution in [0.3, 0.4) is 0 Å². The maximum Gasteiger partial charge on any atom is 0.313 e. The van der Waals surface area contributed by atoms with Crippen LogP contribution in [0.2, 0.25) is 0 Å². The number of rotatable bonds is 4. The number of carbonyl (C=O) groups excluding carboxylic acids is 2. The number of benzene rings is 1. The molecule has 0 unspecified atom stereocenters. The van der Waals surface area contributed by atoms with Crippen molar-refractivity contribution in [3.63, 3.8) is 0 Å². The first-order chi connectivity index (χ1) is 6.79. The summed E-state index contributed by atoms with van der Waals surface area (Å²) in [5, 5.41) is 0. The van der Waals surface area contributed by atoms with Crippen molar-refractivity contribution in [2.75, 3.05) is 7.11 Å². The van der Waals surface area contributed by atoms with Gasteiger partial charge in [0.05, 0.1) is 13.0 Å². The van der Waals surface area contributed by atoms with Gasteiger partial charge in [-0.3, -0.25) is 4.79 Å². The van der Waals surface area contributed by atoms with Crippen LogP contribution < -0.4 is 0 Å². The minimum Gasteiger partial charge on any atom is -0.469 e. The molecule has 3 heteroatoms. The number of hydrogen-bond acceptors (Lipinski definition) is 3. The predicted molar refractivity (Wildman–Crippen MR) is 51.9 cm³/mol. The molecular weight excluding hydrogens is 180 g/mol. The Morgan fingerprint density at radius 2 is 2.07 bits per heavy atom.